The molecule has 0 spiro atoms. The van der Waals surface area contributed by atoms with Gasteiger partial charge >= 0.3 is 0 Å². The van der Waals surface area contributed by atoms with Gasteiger partial charge < -0.3 is 0 Å². The molecule has 0 bridgehead atoms. The van der Waals surface area contributed by atoms with Crippen molar-refractivity contribution < 1.29 is 0 Å². The largest absolute Gasteiger partial charge is 0.193 e. The van der Waals surface area contributed by atoms with Crippen molar-refractivity contribution in [2.75, 3.05) is 0 Å². The van der Waals surface area contributed by atoms with Crippen LogP contribution in [-0.4, -0.2) is 0 Å². The smallest absolute Gasteiger partial charge is 0.0905 e. The molecular formula is C15H16ClN. The van der Waals surface area contributed by atoms with Gasteiger partial charge in [0.25, 0.3) is 0 Å². The van der Waals surface area contributed by atoms with E-state index in [4.69, 9.17) is 16.9 Å². The van der Waals surface area contributed by atoms with Gasteiger partial charge in [-0.1, -0.05) is 80.4 Å². The molecular weight excluding hydrogens is 230 g/mol. The third kappa shape index (κ3) is 16.6. The van der Waals surface area contributed by atoms with E-state index in [0.717, 1.165) is 0 Å². The molecule has 1 aromatic rings. The monoisotopic (exact) mass is 245 g/mol. The van der Waals surface area contributed by atoms with Crippen LogP contribution in [0.3, 0.4) is 0 Å². The zero-order valence-corrected chi connectivity index (χ0v) is 10.5. The lowest BCUT2D eigenvalue weighted by atomic mass is 10.2. The van der Waals surface area contributed by atoms with Crippen LogP contribution in [0.1, 0.15) is 5.56 Å². The van der Waals surface area contributed by atoms with E-state index in [-0.39, 0.29) is 0 Å². The Hall–Kier alpha value is -2.04. The molecule has 88 valence electrons. The van der Waals surface area contributed by atoms with Crippen LogP contribution in [0, 0.1) is 11.3 Å². The number of rotatable bonds is 2. The van der Waals surface area contributed by atoms with Crippen LogP contribution in [0.2, 0.25) is 0 Å². The molecule has 0 aliphatic heterocycles. The quantitative estimate of drug-likeness (QED) is 0.534. The van der Waals surface area contributed by atoms with Crippen molar-refractivity contribution in [3.05, 3.63) is 79.4 Å². The average Bonchev–Trinajstić information content (AvgIpc) is 2.40. The summed E-state index contributed by atoms with van der Waals surface area (Å²) in [6, 6.07) is 11.7. The van der Waals surface area contributed by atoms with Crippen LogP contribution in [0.15, 0.2) is 73.8 Å². The topological polar surface area (TPSA) is 23.8 Å². The number of nitriles is 1. The summed E-state index contributed by atoms with van der Waals surface area (Å²) in [6.07, 6.45) is 4.50. The van der Waals surface area contributed by atoms with Gasteiger partial charge in [0.1, 0.15) is 0 Å². The lowest BCUT2D eigenvalue weighted by Crippen LogP contribution is -1.63. The molecule has 0 radical (unpaired) electrons. The number of hydrogen-bond donors (Lipinski definition) is 0. The first-order valence-corrected chi connectivity index (χ1v) is 5.15. The third-order valence-electron chi connectivity index (χ3n) is 1.35. The highest BCUT2D eigenvalue weighted by atomic mass is 35.5. The van der Waals surface area contributed by atoms with Crippen LogP contribution in [0.4, 0.5) is 0 Å². The molecule has 0 saturated carbocycles. The second-order valence-electron chi connectivity index (χ2n) is 2.60. The zero-order chi connectivity index (χ0) is 13.5. The van der Waals surface area contributed by atoms with Gasteiger partial charge in [0.15, 0.2) is 0 Å². The summed E-state index contributed by atoms with van der Waals surface area (Å²) in [5.41, 5.74) is 1.17. The summed E-state index contributed by atoms with van der Waals surface area (Å²) in [4.78, 5) is 0. The molecule has 0 aliphatic rings. The normalized spacial score (nSPS) is 6.82. The molecule has 0 heterocycles. The second-order valence-corrected chi connectivity index (χ2v) is 3.08. The molecule has 0 atom stereocenters. The Balaban J connectivity index is 0. The molecule has 17 heavy (non-hydrogen) atoms. The van der Waals surface area contributed by atoms with Gasteiger partial charge in [-0.2, -0.15) is 5.26 Å². The Morgan fingerprint density at radius 3 is 1.76 bits per heavy atom. The van der Waals surface area contributed by atoms with E-state index >= 15 is 0 Å². The van der Waals surface area contributed by atoms with E-state index in [1.807, 2.05) is 36.4 Å². The fraction of sp³-hybridized carbons (Fsp3) is 0. The van der Waals surface area contributed by atoms with E-state index < -0.39 is 0 Å². The fourth-order valence-corrected chi connectivity index (χ4v) is 0.589. The van der Waals surface area contributed by atoms with E-state index in [2.05, 4.69) is 26.3 Å². The molecule has 0 aliphatic carbocycles. The van der Waals surface area contributed by atoms with E-state index in [1.54, 1.807) is 6.07 Å². The predicted octanol–water partition coefficient (Wildman–Crippen LogP) is 4.95. The minimum Gasteiger partial charge on any atom is -0.193 e. The molecule has 0 unspecified atom stereocenters. The molecule has 0 N–H and O–H groups in total. The summed E-state index contributed by atoms with van der Waals surface area (Å²) < 4.78 is 0. The summed E-state index contributed by atoms with van der Waals surface area (Å²) in [7, 11) is 0. The molecule has 0 aromatic heterocycles. The summed E-state index contributed by atoms with van der Waals surface area (Å²) in [5.74, 6) is 0. The van der Waals surface area contributed by atoms with Gasteiger partial charge in [-0.15, -0.1) is 0 Å². The van der Waals surface area contributed by atoms with Crippen molar-refractivity contribution in [3.8, 4) is 6.07 Å². The Labute approximate surface area is 109 Å². The number of benzene rings is 1. The van der Waals surface area contributed by atoms with Crippen molar-refractivity contribution in [3.63, 3.8) is 0 Å². The van der Waals surface area contributed by atoms with Gasteiger partial charge in [0, 0.05) is 11.1 Å². The van der Waals surface area contributed by atoms with Crippen LogP contribution in [0.25, 0.3) is 6.08 Å². The van der Waals surface area contributed by atoms with Crippen LogP contribution in [0.5, 0.6) is 0 Å². The van der Waals surface area contributed by atoms with Crippen molar-refractivity contribution in [1.29, 1.82) is 5.26 Å². The van der Waals surface area contributed by atoms with Crippen molar-refractivity contribution in [2.45, 2.75) is 0 Å². The number of nitrogens with zero attached hydrogens (tertiary/aromatic N) is 1. The van der Waals surface area contributed by atoms with Crippen molar-refractivity contribution >= 4 is 17.7 Å². The lowest BCUT2D eigenvalue weighted by molar-refractivity contribution is 1.54. The standard InChI is InChI=1S/C8H8.C4H5Cl.C3H3N/c1-2-8-6-4-3-5-7-8;1-3-4(2)5;1-2-3-4/h2-7H,1H2;3H,1-2H2;2H,1H2. The Bertz CT molecular complexity index is 385. The van der Waals surface area contributed by atoms with E-state index in [1.165, 1.54) is 17.7 Å². The summed E-state index contributed by atoms with van der Waals surface area (Å²) in [5, 5.41) is 8.00. The van der Waals surface area contributed by atoms with Gasteiger partial charge in [-0.25, -0.2) is 0 Å². The van der Waals surface area contributed by atoms with Gasteiger partial charge in [-0.3, -0.25) is 0 Å². The highest BCUT2D eigenvalue weighted by Gasteiger charge is 1.75. The molecule has 1 aromatic carbocycles. The second kappa shape index (κ2) is 14.0. The third-order valence-corrected chi connectivity index (χ3v) is 1.50. The zero-order valence-electron chi connectivity index (χ0n) is 9.77. The highest BCUT2D eigenvalue weighted by Crippen LogP contribution is 1.97. The van der Waals surface area contributed by atoms with Crippen LogP contribution >= 0.6 is 11.6 Å². The Morgan fingerprint density at radius 2 is 1.59 bits per heavy atom. The maximum Gasteiger partial charge on any atom is 0.0905 e. The molecule has 1 nitrogen and oxygen atoms in total. The first kappa shape index (κ1) is 17.4. The Morgan fingerprint density at radius 1 is 1.18 bits per heavy atom. The number of halogens is 1. The number of allylic oxidation sites excluding steroid dienone is 3. The molecule has 0 saturated heterocycles. The SMILES string of the molecule is C=CC#N.C=CC(=C)Cl.C=Cc1ccccc1. The van der Waals surface area contributed by atoms with Crippen molar-refractivity contribution in [1.82, 2.24) is 0 Å². The maximum atomic E-state index is 7.51. The van der Waals surface area contributed by atoms with Gasteiger partial charge in [-0.05, 0) is 5.56 Å². The Kier molecular flexibility index (Phi) is 14.3. The van der Waals surface area contributed by atoms with Crippen LogP contribution in [-0.2, 0) is 0 Å². The summed E-state index contributed by atoms with van der Waals surface area (Å²) >= 11 is 5.15. The minimum atomic E-state index is 0.491. The molecule has 2 heteroatoms. The highest BCUT2D eigenvalue weighted by molar-refractivity contribution is 6.30. The van der Waals surface area contributed by atoms with Crippen molar-refractivity contribution in [2.24, 2.45) is 0 Å². The van der Waals surface area contributed by atoms with Crippen LogP contribution < -0.4 is 0 Å². The fourth-order valence-electron chi connectivity index (χ4n) is 0.589. The molecule has 1 rings (SSSR count). The first-order chi connectivity index (χ1) is 8.12. The minimum absolute atomic E-state index is 0.491. The average molecular weight is 246 g/mol. The molecule has 0 amide bonds. The number of hydrogen-bond acceptors (Lipinski definition) is 1. The maximum absolute atomic E-state index is 7.51. The van der Waals surface area contributed by atoms with Gasteiger partial charge in [0.05, 0.1) is 6.07 Å². The first-order valence-electron chi connectivity index (χ1n) is 4.77. The molecule has 0 fully saturated rings. The summed E-state index contributed by atoms with van der Waals surface area (Å²) in [6.45, 7) is 13.4. The van der Waals surface area contributed by atoms with Gasteiger partial charge in [0.2, 0.25) is 0 Å². The van der Waals surface area contributed by atoms with E-state index in [0.29, 0.717) is 5.03 Å². The lowest BCUT2D eigenvalue weighted by Gasteiger charge is -1.85. The van der Waals surface area contributed by atoms with E-state index in [9.17, 15) is 0 Å². The predicted molar refractivity (Wildman–Crippen MR) is 77.5 cm³/mol.